The van der Waals surface area contributed by atoms with Crippen LogP contribution >= 0.6 is 0 Å². The zero-order chi connectivity index (χ0) is 14.7. The Morgan fingerprint density at radius 2 is 1.48 bits per heavy atom. The second-order valence-electron chi connectivity index (χ2n) is 5.63. The summed E-state index contributed by atoms with van der Waals surface area (Å²) < 4.78 is 0. The predicted octanol–water partition coefficient (Wildman–Crippen LogP) is 1.04. The number of nitrogens with one attached hydrogen (secondary N) is 2. The van der Waals surface area contributed by atoms with Crippen molar-refractivity contribution in [2.24, 2.45) is 5.92 Å². The van der Waals surface area contributed by atoms with Crippen LogP contribution in [0, 0.1) is 5.92 Å². The summed E-state index contributed by atoms with van der Waals surface area (Å²) in [5.41, 5.74) is 2.63. The van der Waals surface area contributed by atoms with E-state index >= 15 is 0 Å². The monoisotopic (exact) mass is 281 g/mol. The number of benzene rings is 2. The first kappa shape index (κ1) is 13.8. The summed E-state index contributed by atoms with van der Waals surface area (Å²) in [5, 5.41) is 2.75. The molecule has 3 nitrogen and oxygen atoms in total. The minimum atomic E-state index is 0.153. The quantitative estimate of drug-likeness (QED) is 0.862. The number of quaternary nitrogens is 1. The molecule has 0 aromatic heterocycles. The Bertz CT molecular complexity index is 552. The molecule has 21 heavy (non-hydrogen) atoms. The summed E-state index contributed by atoms with van der Waals surface area (Å²) in [6, 6.07) is 21.5. The van der Waals surface area contributed by atoms with Gasteiger partial charge in [0, 0.05) is 18.2 Å². The first-order valence-corrected chi connectivity index (χ1v) is 7.45. The largest absolute Gasteiger partial charge is 0.359 e. The smallest absolute Gasteiger partial charge is 0.234 e. The van der Waals surface area contributed by atoms with Crippen molar-refractivity contribution < 1.29 is 9.69 Å². The Kier molecular flexibility index (Phi) is 4.02. The van der Waals surface area contributed by atoms with E-state index in [9.17, 15) is 4.79 Å². The van der Waals surface area contributed by atoms with E-state index in [0.717, 1.165) is 13.1 Å². The van der Waals surface area contributed by atoms with Crippen molar-refractivity contribution >= 4 is 5.91 Å². The second kappa shape index (κ2) is 6.10. The average molecular weight is 281 g/mol. The van der Waals surface area contributed by atoms with E-state index in [4.69, 9.17) is 0 Å². The Labute approximate surface area is 125 Å². The lowest BCUT2D eigenvalue weighted by atomic mass is 9.90. The van der Waals surface area contributed by atoms with Gasteiger partial charge in [-0.1, -0.05) is 60.7 Å². The van der Waals surface area contributed by atoms with Gasteiger partial charge in [-0.3, -0.25) is 4.79 Å². The van der Waals surface area contributed by atoms with Crippen LogP contribution in [0.4, 0.5) is 0 Å². The van der Waals surface area contributed by atoms with Crippen LogP contribution in [0.2, 0.25) is 0 Å². The maximum Gasteiger partial charge on any atom is 0.234 e. The van der Waals surface area contributed by atoms with Gasteiger partial charge in [0.05, 0.1) is 13.1 Å². The molecule has 1 saturated heterocycles. The average Bonchev–Trinajstić information content (AvgIpc) is 2.51. The van der Waals surface area contributed by atoms with Gasteiger partial charge in [-0.2, -0.15) is 0 Å². The highest BCUT2D eigenvalue weighted by atomic mass is 16.1. The van der Waals surface area contributed by atoms with Crippen LogP contribution in [0.15, 0.2) is 60.7 Å². The van der Waals surface area contributed by atoms with Gasteiger partial charge >= 0.3 is 0 Å². The van der Waals surface area contributed by atoms with Crippen molar-refractivity contribution in [3.05, 3.63) is 71.8 Å². The van der Waals surface area contributed by atoms with Crippen molar-refractivity contribution in [3.63, 3.8) is 0 Å². The van der Waals surface area contributed by atoms with E-state index in [1.807, 2.05) is 12.1 Å². The van der Waals surface area contributed by atoms with Gasteiger partial charge in [-0.25, -0.2) is 0 Å². The van der Waals surface area contributed by atoms with Gasteiger partial charge in [0.2, 0.25) is 5.91 Å². The van der Waals surface area contributed by atoms with Gasteiger partial charge in [0.15, 0.2) is 0 Å². The molecule has 0 atom stereocenters. The van der Waals surface area contributed by atoms with E-state index in [0.29, 0.717) is 6.04 Å². The lowest BCUT2D eigenvalue weighted by Crippen LogP contribution is -3.20. The highest BCUT2D eigenvalue weighted by Crippen LogP contribution is 2.21. The molecule has 0 radical (unpaired) electrons. The van der Waals surface area contributed by atoms with E-state index in [1.165, 1.54) is 16.0 Å². The molecule has 1 amide bonds. The number of likely N-dealkylation sites (tertiary alicyclic amines) is 1. The molecule has 1 aliphatic heterocycles. The zero-order valence-electron chi connectivity index (χ0n) is 12.3. The minimum absolute atomic E-state index is 0.153. The maximum absolute atomic E-state index is 11.7. The lowest BCUT2D eigenvalue weighted by Gasteiger charge is -2.40. The van der Waals surface area contributed by atoms with Crippen molar-refractivity contribution in [1.29, 1.82) is 0 Å². The molecule has 1 fully saturated rings. The predicted molar refractivity (Wildman–Crippen MR) is 83.0 cm³/mol. The number of carbonyl (C=O) groups is 1. The third-order valence-corrected chi connectivity index (χ3v) is 4.31. The van der Waals surface area contributed by atoms with Gasteiger partial charge in [-0.15, -0.1) is 0 Å². The second-order valence-corrected chi connectivity index (χ2v) is 5.63. The molecule has 3 rings (SSSR count). The van der Waals surface area contributed by atoms with Crippen molar-refractivity contribution in [3.8, 4) is 0 Å². The molecule has 1 aliphatic rings. The molecule has 2 aromatic rings. The third kappa shape index (κ3) is 2.83. The number of hydrogen-bond donors (Lipinski definition) is 2. The highest BCUT2D eigenvalue weighted by Gasteiger charge is 2.41. The summed E-state index contributed by atoms with van der Waals surface area (Å²) in [7, 11) is 1.71. The van der Waals surface area contributed by atoms with Crippen molar-refractivity contribution in [2.45, 2.75) is 6.04 Å². The first-order chi connectivity index (χ1) is 10.3. The molecule has 2 N–H and O–H groups in total. The van der Waals surface area contributed by atoms with E-state index in [1.54, 1.807) is 7.05 Å². The molecule has 108 valence electrons. The van der Waals surface area contributed by atoms with Crippen LogP contribution in [-0.4, -0.2) is 26.0 Å². The number of rotatable bonds is 4. The van der Waals surface area contributed by atoms with Crippen molar-refractivity contribution in [2.75, 3.05) is 20.1 Å². The van der Waals surface area contributed by atoms with Crippen LogP contribution in [-0.2, 0) is 4.79 Å². The van der Waals surface area contributed by atoms with Gasteiger partial charge in [-0.05, 0) is 0 Å². The minimum Gasteiger partial charge on any atom is -0.359 e. The van der Waals surface area contributed by atoms with Crippen LogP contribution in [0.1, 0.15) is 17.2 Å². The molecular formula is C18H21N2O+. The summed E-state index contributed by atoms with van der Waals surface area (Å²) >= 11 is 0. The normalized spacial score (nSPS) is 20.9. The maximum atomic E-state index is 11.7. The topological polar surface area (TPSA) is 33.5 Å². The van der Waals surface area contributed by atoms with Crippen LogP contribution in [0.3, 0.4) is 0 Å². The van der Waals surface area contributed by atoms with E-state index in [2.05, 4.69) is 53.8 Å². The van der Waals surface area contributed by atoms with Crippen LogP contribution < -0.4 is 10.2 Å². The van der Waals surface area contributed by atoms with Gasteiger partial charge < -0.3 is 10.2 Å². The molecule has 0 aliphatic carbocycles. The fourth-order valence-electron chi connectivity index (χ4n) is 3.15. The Morgan fingerprint density at radius 1 is 1.00 bits per heavy atom. The Morgan fingerprint density at radius 3 is 1.90 bits per heavy atom. The fourth-order valence-corrected chi connectivity index (χ4v) is 3.15. The van der Waals surface area contributed by atoms with Gasteiger partial charge in [0.25, 0.3) is 0 Å². The summed E-state index contributed by atoms with van der Waals surface area (Å²) in [6.07, 6.45) is 0. The standard InChI is InChI=1S/C18H20N2O/c1-19-18(21)16-12-20(13-16)17(14-8-4-2-5-9-14)15-10-6-3-7-11-15/h2-11,16-17H,12-13H2,1H3,(H,19,21)/p+1. The first-order valence-electron chi connectivity index (χ1n) is 7.45. The third-order valence-electron chi connectivity index (χ3n) is 4.31. The van der Waals surface area contributed by atoms with Crippen molar-refractivity contribution in [1.82, 2.24) is 5.32 Å². The lowest BCUT2D eigenvalue weighted by molar-refractivity contribution is -0.970. The molecule has 2 aromatic carbocycles. The number of carbonyl (C=O) groups excluding carboxylic acids is 1. The molecular weight excluding hydrogens is 260 g/mol. The Balaban J connectivity index is 1.84. The van der Waals surface area contributed by atoms with Crippen LogP contribution in [0.25, 0.3) is 0 Å². The number of hydrogen-bond acceptors (Lipinski definition) is 1. The molecule has 0 bridgehead atoms. The summed E-state index contributed by atoms with van der Waals surface area (Å²) in [4.78, 5) is 13.2. The molecule has 1 heterocycles. The van der Waals surface area contributed by atoms with E-state index in [-0.39, 0.29) is 11.8 Å². The molecule has 0 saturated carbocycles. The summed E-state index contributed by atoms with van der Waals surface area (Å²) in [6.45, 7) is 1.79. The number of amides is 1. The van der Waals surface area contributed by atoms with E-state index < -0.39 is 0 Å². The molecule has 0 unspecified atom stereocenters. The van der Waals surface area contributed by atoms with Crippen LogP contribution in [0.5, 0.6) is 0 Å². The van der Waals surface area contributed by atoms with Gasteiger partial charge in [0.1, 0.15) is 12.0 Å². The summed E-state index contributed by atoms with van der Waals surface area (Å²) in [5.74, 6) is 0.318. The molecule has 0 spiro atoms. The zero-order valence-corrected chi connectivity index (χ0v) is 12.3. The SMILES string of the molecule is CNC(=O)C1C[NH+](C(c2ccccc2)c2ccccc2)C1. The Hall–Kier alpha value is -2.13. The fraction of sp³-hybridized carbons (Fsp3) is 0.278. The highest BCUT2D eigenvalue weighted by molar-refractivity contribution is 5.79. The molecule has 3 heteroatoms.